The van der Waals surface area contributed by atoms with Gasteiger partial charge >= 0.3 is 0 Å². The van der Waals surface area contributed by atoms with Crippen molar-refractivity contribution in [3.63, 3.8) is 0 Å². The molecule has 0 unspecified atom stereocenters. The van der Waals surface area contributed by atoms with Crippen molar-refractivity contribution in [3.05, 3.63) is 59.4 Å². The van der Waals surface area contributed by atoms with E-state index in [0.717, 1.165) is 11.3 Å². The summed E-state index contributed by atoms with van der Waals surface area (Å²) >= 11 is 1.18. The summed E-state index contributed by atoms with van der Waals surface area (Å²) in [6, 6.07) is 11.6. The maximum absolute atomic E-state index is 13.5. The van der Waals surface area contributed by atoms with Crippen LogP contribution in [0.4, 0.5) is 10.1 Å². The van der Waals surface area contributed by atoms with Crippen molar-refractivity contribution in [2.75, 3.05) is 11.1 Å². The summed E-state index contributed by atoms with van der Waals surface area (Å²) in [5.74, 6) is -0.544. The molecule has 1 amide bonds. The molecular weight excluding hydrogens is 301 g/mol. The fraction of sp³-hybridized carbons (Fsp3) is 0.176. The Morgan fingerprint density at radius 1 is 1.27 bits per heavy atom. The Hall–Kier alpha value is -2.14. The van der Waals surface area contributed by atoms with E-state index in [2.05, 4.69) is 5.32 Å². The fourth-order valence-corrected chi connectivity index (χ4v) is 3.21. The van der Waals surface area contributed by atoms with Crippen molar-refractivity contribution in [2.24, 2.45) is 0 Å². The maximum Gasteiger partial charge on any atom is 0.231 e. The Morgan fingerprint density at radius 3 is 2.82 bits per heavy atom. The van der Waals surface area contributed by atoms with Crippen LogP contribution >= 0.6 is 11.8 Å². The van der Waals surface area contributed by atoms with E-state index >= 15 is 0 Å². The van der Waals surface area contributed by atoms with Gasteiger partial charge in [0, 0.05) is 16.1 Å². The van der Waals surface area contributed by atoms with Crippen molar-refractivity contribution < 1.29 is 14.0 Å². The number of ketones is 1. The predicted molar refractivity (Wildman–Crippen MR) is 84.9 cm³/mol. The Kier molecular flexibility index (Phi) is 3.98. The van der Waals surface area contributed by atoms with Crippen molar-refractivity contribution in [1.29, 1.82) is 0 Å². The SMILES string of the molecule is C[C@@H]1C(=O)Nc2ccc(C(=O)CSc3ccccc3F)cc21. The van der Waals surface area contributed by atoms with E-state index in [0.29, 0.717) is 10.5 Å². The average Bonchev–Trinajstić information content (AvgIpc) is 2.81. The molecule has 0 aromatic heterocycles. The van der Waals surface area contributed by atoms with Gasteiger partial charge in [-0.05, 0) is 42.8 Å². The second-order valence-corrected chi connectivity index (χ2v) is 6.17. The van der Waals surface area contributed by atoms with Gasteiger partial charge in [0.25, 0.3) is 0 Å². The summed E-state index contributed by atoms with van der Waals surface area (Å²) in [5.41, 5.74) is 2.15. The predicted octanol–water partition coefficient (Wildman–Crippen LogP) is 3.86. The summed E-state index contributed by atoms with van der Waals surface area (Å²) in [6.07, 6.45) is 0. The van der Waals surface area contributed by atoms with Crippen molar-refractivity contribution in [2.45, 2.75) is 17.7 Å². The first-order valence-electron chi connectivity index (χ1n) is 6.91. The first-order chi connectivity index (χ1) is 10.6. The fourth-order valence-electron chi connectivity index (χ4n) is 2.38. The van der Waals surface area contributed by atoms with Gasteiger partial charge in [-0.1, -0.05) is 12.1 Å². The summed E-state index contributed by atoms with van der Waals surface area (Å²) in [7, 11) is 0. The van der Waals surface area contributed by atoms with Crippen LogP contribution in [0.1, 0.15) is 28.8 Å². The number of thioether (sulfide) groups is 1. The molecule has 1 heterocycles. The quantitative estimate of drug-likeness (QED) is 0.688. The average molecular weight is 315 g/mol. The minimum atomic E-state index is -0.322. The number of halogens is 1. The highest BCUT2D eigenvalue weighted by Gasteiger charge is 2.27. The number of carbonyl (C=O) groups excluding carboxylic acids is 2. The first kappa shape index (κ1) is 14.8. The lowest BCUT2D eigenvalue weighted by atomic mass is 9.99. The van der Waals surface area contributed by atoms with Gasteiger partial charge in [-0.3, -0.25) is 9.59 Å². The molecule has 0 bridgehead atoms. The molecule has 0 saturated heterocycles. The van der Waals surface area contributed by atoms with Crippen LogP contribution in [-0.2, 0) is 4.79 Å². The first-order valence-corrected chi connectivity index (χ1v) is 7.90. The molecule has 1 N–H and O–H groups in total. The van der Waals surface area contributed by atoms with E-state index in [9.17, 15) is 14.0 Å². The number of nitrogens with one attached hydrogen (secondary N) is 1. The van der Waals surface area contributed by atoms with Crippen molar-refractivity contribution in [1.82, 2.24) is 0 Å². The standard InChI is InChI=1S/C17H14FNO2S/c1-10-12-8-11(6-7-14(12)19-17(10)21)15(20)9-22-16-5-3-2-4-13(16)18/h2-8,10H,9H2,1H3,(H,19,21)/t10-/m0/s1. The van der Waals surface area contributed by atoms with Crippen LogP contribution in [0.2, 0.25) is 0 Å². The zero-order chi connectivity index (χ0) is 15.7. The van der Waals surface area contributed by atoms with E-state index in [1.807, 2.05) is 6.92 Å². The summed E-state index contributed by atoms with van der Waals surface area (Å²) in [6.45, 7) is 1.81. The number of amides is 1. The molecule has 0 fully saturated rings. The molecule has 0 aliphatic carbocycles. The van der Waals surface area contributed by atoms with Gasteiger partial charge in [-0.15, -0.1) is 11.8 Å². The molecule has 1 aliphatic rings. The van der Waals surface area contributed by atoms with Crippen LogP contribution in [0.25, 0.3) is 0 Å². The van der Waals surface area contributed by atoms with Gasteiger partial charge in [0.1, 0.15) is 5.82 Å². The van der Waals surface area contributed by atoms with Crippen LogP contribution in [0.3, 0.4) is 0 Å². The third-order valence-electron chi connectivity index (χ3n) is 3.69. The van der Waals surface area contributed by atoms with Gasteiger partial charge in [0.15, 0.2) is 5.78 Å². The number of anilines is 1. The number of benzene rings is 2. The number of hydrogen-bond acceptors (Lipinski definition) is 3. The second kappa shape index (κ2) is 5.93. The molecule has 3 rings (SSSR count). The Morgan fingerprint density at radius 2 is 2.05 bits per heavy atom. The number of Topliss-reactive ketones (excluding diaryl/α,β-unsaturated/α-hetero) is 1. The molecule has 2 aromatic carbocycles. The lowest BCUT2D eigenvalue weighted by Gasteiger charge is -2.06. The van der Waals surface area contributed by atoms with Crippen molar-refractivity contribution >= 4 is 29.1 Å². The summed E-state index contributed by atoms with van der Waals surface area (Å²) in [5, 5.41) is 2.77. The lowest BCUT2D eigenvalue weighted by molar-refractivity contribution is -0.116. The van der Waals surface area contributed by atoms with E-state index < -0.39 is 0 Å². The van der Waals surface area contributed by atoms with E-state index in [4.69, 9.17) is 0 Å². The van der Waals surface area contributed by atoms with Crippen LogP contribution in [0.15, 0.2) is 47.4 Å². The van der Waals surface area contributed by atoms with Crippen LogP contribution in [0.5, 0.6) is 0 Å². The highest BCUT2D eigenvalue weighted by molar-refractivity contribution is 8.00. The zero-order valence-electron chi connectivity index (χ0n) is 11.9. The number of hydrogen-bond donors (Lipinski definition) is 1. The third kappa shape index (κ3) is 2.76. The van der Waals surface area contributed by atoms with E-state index in [-0.39, 0.29) is 29.2 Å². The topological polar surface area (TPSA) is 46.2 Å². The van der Waals surface area contributed by atoms with Crippen molar-refractivity contribution in [3.8, 4) is 0 Å². The molecule has 1 aliphatic heterocycles. The van der Waals surface area contributed by atoms with Crippen LogP contribution < -0.4 is 5.32 Å². The van der Waals surface area contributed by atoms with E-state index in [1.54, 1.807) is 36.4 Å². The van der Waals surface area contributed by atoms with Crippen LogP contribution in [0, 0.1) is 5.82 Å². The third-order valence-corrected chi connectivity index (χ3v) is 4.74. The Labute approximate surface area is 131 Å². The van der Waals surface area contributed by atoms with Gasteiger partial charge in [0.2, 0.25) is 5.91 Å². The monoisotopic (exact) mass is 315 g/mol. The zero-order valence-corrected chi connectivity index (χ0v) is 12.7. The number of rotatable bonds is 4. The maximum atomic E-state index is 13.5. The molecule has 0 spiro atoms. The molecule has 1 atom stereocenters. The molecule has 22 heavy (non-hydrogen) atoms. The Bertz CT molecular complexity index is 760. The molecule has 0 radical (unpaired) electrons. The minimum absolute atomic E-state index is 0.0552. The largest absolute Gasteiger partial charge is 0.325 e. The molecule has 3 nitrogen and oxygen atoms in total. The van der Waals surface area contributed by atoms with Gasteiger partial charge in [0.05, 0.1) is 11.7 Å². The number of fused-ring (bicyclic) bond motifs is 1. The number of carbonyl (C=O) groups is 2. The summed E-state index contributed by atoms with van der Waals surface area (Å²) < 4.78 is 13.5. The molecule has 112 valence electrons. The highest BCUT2D eigenvalue weighted by Crippen LogP contribution is 2.33. The smallest absolute Gasteiger partial charge is 0.231 e. The second-order valence-electron chi connectivity index (χ2n) is 5.16. The normalized spacial score (nSPS) is 16.3. The summed E-state index contributed by atoms with van der Waals surface area (Å²) in [4.78, 5) is 24.3. The molecule has 2 aromatic rings. The van der Waals surface area contributed by atoms with Gasteiger partial charge in [-0.2, -0.15) is 0 Å². The van der Waals surface area contributed by atoms with E-state index in [1.165, 1.54) is 17.8 Å². The van der Waals surface area contributed by atoms with Gasteiger partial charge in [-0.25, -0.2) is 4.39 Å². The highest BCUT2D eigenvalue weighted by atomic mass is 32.2. The Balaban J connectivity index is 1.74. The molecular formula is C17H14FNO2S. The molecule has 5 heteroatoms. The lowest BCUT2D eigenvalue weighted by Crippen LogP contribution is -2.08. The van der Waals surface area contributed by atoms with Gasteiger partial charge < -0.3 is 5.32 Å². The molecule has 0 saturated carbocycles. The minimum Gasteiger partial charge on any atom is -0.325 e. The van der Waals surface area contributed by atoms with Crippen LogP contribution in [-0.4, -0.2) is 17.4 Å².